The van der Waals surface area contributed by atoms with Crippen LogP contribution in [0.5, 0.6) is 0 Å². The lowest BCUT2D eigenvalue weighted by molar-refractivity contribution is 0.0691. The number of fused-ring (bicyclic) bond motifs is 3. The van der Waals surface area contributed by atoms with E-state index in [1.54, 1.807) is 0 Å². The second kappa shape index (κ2) is 2.82. The molecule has 2 aliphatic rings. The van der Waals surface area contributed by atoms with Crippen molar-refractivity contribution < 1.29 is 4.79 Å². The summed E-state index contributed by atoms with van der Waals surface area (Å²) in [5.74, 6) is 0.201. The Morgan fingerprint density at radius 2 is 2.21 bits per heavy atom. The predicted molar refractivity (Wildman–Crippen MR) is 53.1 cm³/mol. The maximum atomic E-state index is 11.9. The molecule has 0 unspecified atom stereocenters. The molecular formula is C11H12N2O. The molecule has 1 aromatic rings. The van der Waals surface area contributed by atoms with E-state index >= 15 is 0 Å². The third-order valence-electron chi connectivity index (χ3n) is 3.05. The van der Waals surface area contributed by atoms with Gasteiger partial charge in [0, 0.05) is 25.2 Å². The first kappa shape index (κ1) is 8.00. The van der Waals surface area contributed by atoms with Gasteiger partial charge >= 0.3 is 0 Å². The molecule has 1 saturated heterocycles. The smallest absolute Gasteiger partial charge is 0.254 e. The van der Waals surface area contributed by atoms with Crippen LogP contribution in [0.4, 0.5) is 0 Å². The highest BCUT2D eigenvalue weighted by atomic mass is 16.2. The van der Waals surface area contributed by atoms with Crippen molar-refractivity contribution in [1.29, 1.82) is 0 Å². The zero-order chi connectivity index (χ0) is 9.54. The molecule has 0 radical (unpaired) electrons. The second-order valence-corrected chi connectivity index (χ2v) is 3.81. The maximum absolute atomic E-state index is 11.9. The summed E-state index contributed by atoms with van der Waals surface area (Å²) in [6.45, 7) is 2.64. The van der Waals surface area contributed by atoms with E-state index in [1.165, 1.54) is 5.56 Å². The summed E-state index contributed by atoms with van der Waals surface area (Å²) >= 11 is 0. The topological polar surface area (TPSA) is 32.3 Å². The molecule has 2 heterocycles. The first-order valence-electron chi connectivity index (χ1n) is 4.98. The summed E-state index contributed by atoms with van der Waals surface area (Å²) in [6, 6.07) is 8.20. The lowest BCUT2D eigenvalue weighted by Gasteiger charge is -2.30. The van der Waals surface area contributed by atoms with Crippen molar-refractivity contribution in [2.45, 2.75) is 6.04 Å². The highest BCUT2D eigenvalue weighted by molar-refractivity contribution is 5.99. The first-order chi connectivity index (χ1) is 6.88. The quantitative estimate of drug-likeness (QED) is 0.652. The number of carbonyl (C=O) groups excluding carboxylic acids is 1. The average Bonchev–Trinajstić information content (AvgIpc) is 2.55. The second-order valence-electron chi connectivity index (χ2n) is 3.81. The molecular weight excluding hydrogens is 176 g/mol. The monoisotopic (exact) mass is 188 g/mol. The van der Waals surface area contributed by atoms with Crippen LogP contribution in [0, 0.1) is 0 Å². The van der Waals surface area contributed by atoms with E-state index in [1.807, 2.05) is 23.1 Å². The molecule has 14 heavy (non-hydrogen) atoms. The van der Waals surface area contributed by atoms with Crippen LogP contribution in [0.1, 0.15) is 22.0 Å². The van der Waals surface area contributed by atoms with E-state index in [-0.39, 0.29) is 11.9 Å². The van der Waals surface area contributed by atoms with Crippen LogP contribution in [0.15, 0.2) is 24.3 Å². The highest BCUT2D eigenvalue weighted by Gasteiger charge is 2.37. The molecule has 1 amide bonds. The molecule has 72 valence electrons. The van der Waals surface area contributed by atoms with Gasteiger partial charge in [0.2, 0.25) is 0 Å². The van der Waals surface area contributed by atoms with Gasteiger partial charge in [-0.25, -0.2) is 0 Å². The average molecular weight is 188 g/mol. The first-order valence-corrected chi connectivity index (χ1v) is 4.98. The molecule has 3 heteroatoms. The van der Waals surface area contributed by atoms with Gasteiger partial charge in [0.15, 0.2) is 0 Å². The standard InChI is InChI=1S/C11H12N2O/c14-11-9-4-2-1-3-8(9)10-7-12-5-6-13(10)11/h1-4,10,12H,5-7H2/t10-/m1/s1. The summed E-state index contributed by atoms with van der Waals surface area (Å²) in [4.78, 5) is 13.9. The summed E-state index contributed by atoms with van der Waals surface area (Å²) in [7, 11) is 0. The lowest BCUT2D eigenvalue weighted by Crippen LogP contribution is -2.44. The van der Waals surface area contributed by atoms with Gasteiger partial charge in [-0.1, -0.05) is 18.2 Å². The van der Waals surface area contributed by atoms with Gasteiger partial charge in [-0.2, -0.15) is 0 Å². The zero-order valence-corrected chi connectivity index (χ0v) is 7.86. The van der Waals surface area contributed by atoms with Crippen LogP contribution >= 0.6 is 0 Å². The van der Waals surface area contributed by atoms with E-state index in [0.29, 0.717) is 0 Å². The predicted octanol–water partition coefficient (Wildman–Crippen LogP) is 0.787. The number of hydrogen-bond acceptors (Lipinski definition) is 2. The summed E-state index contributed by atoms with van der Waals surface area (Å²) < 4.78 is 0. The van der Waals surface area contributed by atoms with Gasteiger partial charge in [0.05, 0.1) is 6.04 Å². The van der Waals surface area contributed by atoms with E-state index in [4.69, 9.17) is 0 Å². The Kier molecular flexibility index (Phi) is 1.61. The molecule has 0 aliphatic carbocycles. The maximum Gasteiger partial charge on any atom is 0.254 e. The van der Waals surface area contributed by atoms with Gasteiger partial charge in [-0.3, -0.25) is 4.79 Å². The number of hydrogen-bond donors (Lipinski definition) is 1. The zero-order valence-electron chi connectivity index (χ0n) is 7.86. The molecule has 1 aromatic carbocycles. The SMILES string of the molecule is O=C1c2ccccc2[C@H]2CNCCN12. The van der Waals surface area contributed by atoms with Crippen molar-refractivity contribution in [3.8, 4) is 0 Å². The molecule has 0 aromatic heterocycles. The Labute approximate surface area is 82.7 Å². The minimum absolute atomic E-state index is 0.201. The number of rotatable bonds is 0. The van der Waals surface area contributed by atoms with Gasteiger partial charge < -0.3 is 10.2 Å². The number of piperazine rings is 1. The number of nitrogens with zero attached hydrogens (tertiary/aromatic N) is 1. The van der Waals surface area contributed by atoms with Gasteiger partial charge in [-0.15, -0.1) is 0 Å². The Bertz CT molecular complexity index is 389. The Balaban J connectivity index is 2.11. The normalized spacial score (nSPS) is 24.7. The Hall–Kier alpha value is -1.35. The Morgan fingerprint density at radius 1 is 1.36 bits per heavy atom. The molecule has 3 nitrogen and oxygen atoms in total. The van der Waals surface area contributed by atoms with Crippen LogP contribution in [0.25, 0.3) is 0 Å². The minimum atomic E-state index is 0.201. The number of benzene rings is 1. The summed E-state index contributed by atoms with van der Waals surface area (Å²) in [5.41, 5.74) is 2.07. The fraction of sp³-hybridized carbons (Fsp3) is 0.364. The van der Waals surface area contributed by atoms with Crippen molar-refractivity contribution in [2.75, 3.05) is 19.6 Å². The van der Waals surface area contributed by atoms with Gasteiger partial charge in [0.1, 0.15) is 0 Å². The van der Waals surface area contributed by atoms with Crippen molar-refractivity contribution in [2.24, 2.45) is 0 Å². The molecule has 1 fully saturated rings. The third-order valence-corrected chi connectivity index (χ3v) is 3.05. The molecule has 1 atom stereocenters. The highest BCUT2D eigenvalue weighted by Crippen LogP contribution is 2.33. The number of nitrogens with one attached hydrogen (secondary N) is 1. The van der Waals surface area contributed by atoms with Crippen LogP contribution in [-0.2, 0) is 0 Å². The summed E-state index contributed by atoms with van der Waals surface area (Å²) in [6.07, 6.45) is 0. The van der Waals surface area contributed by atoms with E-state index in [2.05, 4.69) is 11.4 Å². The van der Waals surface area contributed by atoms with Gasteiger partial charge in [-0.05, 0) is 11.6 Å². The molecule has 0 bridgehead atoms. The minimum Gasteiger partial charge on any atom is -0.329 e. The van der Waals surface area contributed by atoms with E-state index in [0.717, 1.165) is 25.2 Å². The van der Waals surface area contributed by atoms with Crippen LogP contribution < -0.4 is 5.32 Å². The molecule has 1 N–H and O–H groups in total. The Morgan fingerprint density at radius 3 is 3.14 bits per heavy atom. The van der Waals surface area contributed by atoms with E-state index < -0.39 is 0 Å². The van der Waals surface area contributed by atoms with Crippen LogP contribution in [0.2, 0.25) is 0 Å². The van der Waals surface area contributed by atoms with Crippen LogP contribution in [0.3, 0.4) is 0 Å². The molecule has 0 spiro atoms. The third kappa shape index (κ3) is 0.930. The van der Waals surface area contributed by atoms with E-state index in [9.17, 15) is 4.79 Å². The summed E-state index contributed by atoms with van der Waals surface area (Å²) in [5, 5.41) is 3.32. The van der Waals surface area contributed by atoms with Crippen molar-refractivity contribution in [3.05, 3.63) is 35.4 Å². The fourth-order valence-electron chi connectivity index (χ4n) is 2.36. The molecule has 0 saturated carbocycles. The lowest BCUT2D eigenvalue weighted by atomic mass is 10.0. The van der Waals surface area contributed by atoms with Crippen molar-refractivity contribution >= 4 is 5.91 Å². The van der Waals surface area contributed by atoms with Crippen molar-refractivity contribution in [3.63, 3.8) is 0 Å². The fourth-order valence-corrected chi connectivity index (χ4v) is 2.36. The number of carbonyl (C=O) groups is 1. The van der Waals surface area contributed by atoms with Gasteiger partial charge in [0.25, 0.3) is 5.91 Å². The number of amides is 1. The molecule has 2 aliphatic heterocycles. The van der Waals surface area contributed by atoms with Crippen molar-refractivity contribution in [1.82, 2.24) is 10.2 Å². The molecule has 3 rings (SSSR count). The largest absolute Gasteiger partial charge is 0.329 e. The van der Waals surface area contributed by atoms with Crippen LogP contribution in [-0.4, -0.2) is 30.4 Å².